The maximum Gasteiger partial charge on any atom is 0.173 e. The molecular weight excluding hydrogens is 322 g/mol. The molecule has 1 aliphatic heterocycles. The van der Waals surface area contributed by atoms with E-state index in [-0.39, 0.29) is 5.41 Å². The van der Waals surface area contributed by atoms with Crippen LogP contribution in [0, 0.1) is 0 Å². The summed E-state index contributed by atoms with van der Waals surface area (Å²) >= 11 is 0. The topological polar surface area (TPSA) is 30.5 Å². The van der Waals surface area contributed by atoms with Gasteiger partial charge in [-0.15, -0.1) is 0 Å². The van der Waals surface area contributed by atoms with E-state index in [0.29, 0.717) is 6.04 Å². The highest BCUT2D eigenvalue weighted by Gasteiger charge is 2.49. The molecule has 2 aromatic carbocycles. The lowest BCUT2D eigenvalue weighted by atomic mass is 9.58. The van der Waals surface area contributed by atoms with Crippen molar-refractivity contribution in [3.63, 3.8) is 0 Å². The fourth-order valence-electron chi connectivity index (χ4n) is 4.93. The number of fused-ring (bicyclic) bond motifs is 1. The van der Waals surface area contributed by atoms with Gasteiger partial charge >= 0.3 is 0 Å². The summed E-state index contributed by atoms with van der Waals surface area (Å²) in [6.07, 6.45) is 9.94. The smallest absolute Gasteiger partial charge is 0.173 e. The van der Waals surface area contributed by atoms with E-state index in [1.807, 2.05) is 30.3 Å². The lowest BCUT2D eigenvalue weighted by Crippen LogP contribution is -2.53. The molecule has 2 atom stereocenters. The molecule has 3 nitrogen and oxygen atoms in total. The number of methoxy groups -OCH3 is 1. The van der Waals surface area contributed by atoms with Crippen molar-refractivity contribution in [3.05, 3.63) is 77.4 Å². The zero-order valence-electron chi connectivity index (χ0n) is 15.0. The predicted octanol–water partition coefficient (Wildman–Crippen LogP) is 4.53. The number of ether oxygens (including phenoxy) is 2. The van der Waals surface area contributed by atoms with E-state index >= 15 is 0 Å². The van der Waals surface area contributed by atoms with Gasteiger partial charge < -0.3 is 14.8 Å². The summed E-state index contributed by atoms with van der Waals surface area (Å²) < 4.78 is 12.2. The highest BCUT2D eigenvalue weighted by Crippen LogP contribution is 2.55. The minimum atomic E-state index is 0.0247. The summed E-state index contributed by atoms with van der Waals surface area (Å²) in [4.78, 5) is 0. The third-order valence-electron chi connectivity index (χ3n) is 6.04. The molecule has 0 unspecified atom stereocenters. The maximum atomic E-state index is 6.44. The van der Waals surface area contributed by atoms with E-state index in [1.54, 1.807) is 7.11 Å². The Morgan fingerprint density at radius 3 is 2.85 bits per heavy atom. The number of para-hydroxylation sites is 1. The van der Waals surface area contributed by atoms with E-state index in [0.717, 1.165) is 43.1 Å². The molecular formula is C23H23NO2. The van der Waals surface area contributed by atoms with Gasteiger partial charge in [0.2, 0.25) is 0 Å². The highest BCUT2D eigenvalue weighted by molar-refractivity contribution is 5.63. The minimum absolute atomic E-state index is 0.0247. The average Bonchev–Trinajstić information content (AvgIpc) is 2.68. The summed E-state index contributed by atoms with van der Waals surface area (Å²) in [6, 6.07) is 14.7. The Hall–Kier alpha value is -2.52. The Balaban J connectivity index is 1.73. The molecule has 1 N–H and O–H groups in total. The van der Waals surface area contributed by atoms with Crippen molar-refractivity contribution in [1.29, 1.82) is 0 Å². The van der Waals surface area contributed by atoms with Crippen LogP contribution >= 0.6 is 0 Å². The van der Waals surface area contributed by atoms with Crippen LogP contribution in [0.25, 0.3) is 0 Å². The number of hydrogen-bond acceptors (Lipinski definition) is 3. The molecule has 3 heteroatoms. The fraction of sp³-hybridized carbons (Fsp3) is 0.304. The monoisotopic (exact) mass is 345 g/mol. The Kier molecular flexibility index (Phi) is 3.64. The molecule has 0 saturated carbocycles. The summed E-state index contributed by atoms with van der Waals surface area (Å²) in [7, 11) is 1.73. The van der Waals surface area contributed by atoms with Crippen LogP contribution in [0.1, 0.15) is 24.0 Å². The van der Waals surface area contributed by atoms with Crippen LogP contribution in [0.5, 0.6) is 17.2 Å². The molecule has 26 heavy (non-hydrogen) atoms. The molecule has 2 bridgehead atoms. The van der Waals surface area contributed by atoms with Crippen LogP contribution in [0.2, 0.25) is 0 Å². The first-order valence-corrected chi connectivity index (χ1v) is 9.36. The normalized spacial score (nSPS) is 25.7. The van der Waals surface area contributed by atoms with Gasteiger partial charge in [0.25, 0.3) is 0 Å². The van der Waals surface area contributed by atoms with Gasteiger partial charge in [0.05, 0.1) is 7.11 Å². The molecule has 1 fully saturated rings. The number of benzene rings is 2. The second kappa shape index (κ2) is 6.03. The largest absolute Gasteiger partial charge is 0.493 e. The van der Waals surface area contributed by atoms with Crippen LogP contribution in [0.3, 0.4) is 0 Å². The Bertz CT molecular complexity index is 900. The van der Waals surface area contributed by atoms with E-state index in [1.165, 1.54) is 16.7 Å². The number of allylic oxidation sites excluding steroid dienone is 3. The third kappa shape index (κ3) is 2.24. The molecule has 0 aromatic heterocycles. The molecule has 0 spiro atoms. The van der Waals surface area contributed by atoms with E-state index < -0.39 is 0 Å². The van der Waals surface area contributed by atoms with Gasteiger partial charge in [-0.05, 0) is 55.1 Å². The molecule has 5 rings (SSSR count). The second-order valence-corrected chi connectivity index (χ2v) is 7.34. The van der Waals surface area contributed by atoms with Gasteiger partial charge in [0.1, 0.15) is 5.75 Å². The van der Waals surface area contributed by atoms with E-state index in [9.17, 15) is 0 Å². The van der Waals surface area contributed by atoms with Gasteiger partial charge in [-0.25, -0.2) is 0 Å². The SMILES string of the molecule is COc1ccc2c(c1Oc1ccccc1)[C@]13CC=CC=C1[C@@H](C2)NCC3. The fourth-order valence-corrected chi connectivity index (χ4v) is 4.93. The Morgan fingerprint density at radius 2 is 2.00 bits per heavy atom. The number of nitrogens with one attached hydrogen (secondary N) is 1. The Labute approximate surface area is 154 Å². The average molecular weight is 345 g/mol. The lowest BCUT2D eigenvalue weighted by Gasteiger charge is -2.50. The van der Waals surface area contributed by atoms with Gasteiger partial charge in [0, 0.05) is 17.0 Å². The van der Waals surface area contributed by atoms with Gasteiger partial charge in [-0.1, -0.05) is 42.5 Å². The Morgan fingerprint density at radius 1 is 1.12 bits per heavy atom. The molecule has 0 amide bonds. The standard InChI is InChI=1S/C23H23NO2/c1-25-20-11-10-16-15-19-18-9-5-6-12-23(18,13-14-24-19)21(16)22(20)26-17-7-3-2-4-8-17/h2-11,19,24H,12-15H2,1H3/t19-,23+/m1/s1. The van der Waals surface area contributed by atoms with Crippen molar-refractivity contribution in [2.24, 2.45) is 0 Å². The summed E-state index contributed by atoms with van der Waals surface area (Å²) in [5, 5.41) is 3.71. The molecule has 2 aliphatic carbocycles. The summed E-state index contributed by atoms with van der Waals surface area (Å²) in [5.41, 5.74) is 4.23. The molecule has 2 aromatic rings. The van der Waals surface area contributed by atoms with Crippen molar-refractivity contribution in [1.82, 2.24) is 5.32 Å². The molecule has 1 saturated heterocycles. The van der Waals surface area contributed by atoms with E-state index in [4.69, 9.17) is 9.47 Å². The van der Waals surface area contributed by atoms with Crippen LogP contribution in [-0.2, 0) is 11.8 Å². The van der Waals surface area contributed by atoms with Crippen LogP contribution in [0.15, 0.2) is 66.3 Å². The van der Waals surface area contributed by atoms with Gasteiger partial charge in [-0.2, -0.15) is 0 Å². The highest BCUT2D eigenvalue weighted by atomic mass is 16.5. The van der Waals surface area contributed by atoms with Crippen LogP contribution in [0.4, 0.5) is 0 Å². The van der Waals surface area contributed by atoms with Gasteiger partial charge in [-0.3, -0.25) is 0 Å². The molecule has 0 radical (unpaired) electrons. The lowest BCUT2D eigenvalue weighted by molar-refractivity contribution is 0.303. The summed E-state index contributed by atoms with van der Waals surface area (Å²) in [6.45, 7) is 1.04. The third-order valence-corrected chi connectivity index (χ3v) is 6.04. The first-order valence-electron chi connectivity index (χ1n) is 9.36. The first-order chi connectivity index (χ1) is 12.8. The van der Waals surface area contributed by atoms with Crippen molar-refractivity contribution in [2.75, 3.05) is 13.7 Å². The second-order valence-electron chi connectivity index (χ2n) is 7.34. The van der Waals surface area contributed by atoms with Crippen molar-refractivity contribution in [3.8, 4) is 17.2 Å². The maximum absolute atomic E-state index is 6.44. The zero-order chi connectivity index (χ0) is 17.6. The number of piperidine rings is 1. The number of rotatable bonds is 3. The quantitative estimate of drug-likeness (QED) is 0.886. The summed E-state index contributed by atoms with van der Waals surface area (Å²) in [5.74, 6) is 2.55. The first kappa shape index (κ1) is 15.7. The van der Waals surface area contributed by atoms with Crippen molar-refractivity contribution >= 4 is 0 Å². The van der Waals surface area contributed by atoms with Crippen molar-refractivity contribution in [2.45, 2.75) is 30.7 Å². The number of hydrogen-bond donors (Lipinski definition) is 1. The van der Waals surface area contributed by atoms with Crippen LogP contribution < -0.4 is 14.8 Å². The molecule has 1 heterocycles. The van der Waals surface area contributed by atoms with E-state index in [2.05, 4.69) is 35.7 Å². The molecule has 3 aliphatic rings. The predicted molar refractivity (Wildman–Crippen MR) is 103 cm³/mol. The minimum Gasteiger partial charge on any atom is -0.493 e. The van der Waals surface area contributed by atoms with Gasteiger partial charge in [0.15, 0.2) is 11.5 Å². The van der Waals surface area contributed by atoms with Crippen molar-refractivity contribution < 1.29 is 9.47 Å². The zero-order valence-corrected chi connectivity index (χ0v) is 15.0. The molecule has 132 valence electrons. The van der Waals surface area contributed by atoms with Crippen LogP contribution in [-0.4, -0.2) is 19.7 Å².